The number of carbonyl (C=O) groups is 1. The number of nitriles is 1. The Hall–Kier alpha value is -2.68. The van der Waals surface area contributed by atoms with Gasteiger partial charge in [-0.25, -0.2) is 4.39 Å². The van der Waals surface area contributed by atoms with E-state index in [-0.39, 0.29) is 11.5 Å². The fraction of sp³-hybridized carbons (Fsp3) is 0.267. The zero-order valence-electron chi connectivity index (χ0n) is 11.9. The molecule has 5 nitrogen and oxygen atoms in total. The van der Waals surface area contributed by atoms with E-state index in [4.69, 9.17) is 5.26 Å². The summed E-state index contributed by atoms with van der Waals surface area (Å²) in [7, 11) is 0. The van der Waals surface area contributed by atoms with Gasteiger partial charge in [0.1, 0.15) is 17.6 Å². The van der Waals surface area contributed by atoms with E-state index in [1.54, 1.807) is 16.8 Å². The number of benzene rings is 1. The zero-order chi connectivity index (χ0) is 15.4. The standard InChI is InChI=1S/C15H15FN4O/c1-3-11-8-14(20(4-2)19-11)15(21)18-12-5-6-13(16)10(7-12)9-17/h5-8H,3-4H2,1-2H3,(H,18,21). The molecule has 1 N–H and O–H groups in total. The first-order valence-corrected chi connectivity index (χ1v) is 6.66. The summed E-state index contributed by atoms with van der Waals surface area (Å²) in [6.45, 7) is 4.44. The third-order valence-corrected chi connectivity index (χ3v) is 3.07. The molecule has 6 heteroatoms. The molecule has 21 heavy (non-hydrogen) atoms. The molecule has 0 radical (unpaired) electrons. The van der Waals surface area contributed by atoms with Crippen molar-refractivity contribution >= 4 is 11.6 Å². The molecule has 0 unspecified atom stereocenters. The largest absolute Gasteiger partial charge is 0.321 e. The molecule has 2 aromatic rings. The molecular weight excluding hydrogens is 271 g/mol. The van der Waals surface area contributed by atoms with Crippen LogP contribution in [0.3, 0.4) is 0 Å². The van der Waals surface area contributed by atoms with Crippen molar-refractivity contribution in [3.8, 4) is 6.07 Å². The lowest BCUT2D eigenvalue weighted by Gasteiger charge is -2.07. The van der Waals surface area contributed by atoms with Gasteiger partial charge >= 0.3 is 0 Å². The molecule has 0 aliphatic carbocycles. The summed E-state index contributed by atoms with van der Waals surface area (Å²) in [5.41, 5.74) is 1.54. The van der Waals surface area contributed by atoms with Crippen molar-refractivity contribution in [2.45, 2.75) is 26.8 Å². The van der Waals surface area contributed by atoms with Crippen LogP contribution in [0.4, 0.5) is 10.1 Å². The Labute approximate surface area is 122 Å². The molecule has 2 rings (SSSR count). The van der Waals surface area contributed by atoms with Crippen LogP contribution in [0.2, 0.25) is 0 Å². The molecule has 0 aliphatic heterocycles. The van der Waals surface area contributed by atoms with Crippen molar-refractivity contribution in [1.29, 1.82) is 5.26 Å². The fourth-order valence-corrected chi connectivity index (χ4v) is 1.95. The van der Waals surface area contributed by atoms with Gasteiger partial charge in [-0.15, -0.1) is 0 Å². The van der Waals surface area contributed by atoms with E-state index in [1.165, 1.54) is 12.1 Å². The van der Waals surface area contributed by atoms with E-state index < -0.39 is 5.82 Å². The van der Waals surface area contributed by atoms with Crippen LogP contribution >= 0.6 is 0 Å². The van der Waals surface area contributed by atoms with Gasteiger partial charge in [0.15, 0.2) is 0 Å². The highest BCUT2D eigenvalue weighted by atomic mass is 19.1. The van der Waals surface area contributed by atoms with Gasteiger partial charge in [-0.2, -0.15) is 10.4 Å². The first kappa shape index (κ1) is 14.7. The fourth-order valence-electron chi connectivity index (χ4n) is 1.95. The average Bonchev–Trinajstić information content (AvgIpc) is 2.92. The maximum atomic E-state index is 13.2. The number of aromatic nitrogens is 2. The van der Waals surface area contributed by atoms with Crippen molar-refractivity contribution < 1.29 is 9.18 Å². The van der Waals surface area contributed by atoms with E-state index in [1.807, 2.05) is 13.8 Å². The van der Waals surface area contributed by atoms with Crippen molar-refractivity contribution in [3.63, 3.8) is 0 Å². The first-order chi connectivity index (χ1) is 10.1. The van der Waals surface area contributed by atoms with E-state index in [0.717, 1.165) is 18.2 Å². The van der Waals surface area contributed by atoms with E-state index in [9.17, 15) is 9.18 Å². The van der Waals surface area contributed by atoms with Crippen molar-refractivity contribution in [2.24, 2.45) is 0 Å². The third-order valence-electron chi connectivity index (χ3n) is 3.07. The highest BCUT2D eigenvalue weighted by Crippen LogP contribution is 2.15. The first-order valence-electron chi connectivity index (χ1n) is 6.66. The Morgan fingerprint density at radius 2 is 2.19 bits per heavy atom. The summed E-state index contributed by atoms with van der Waals surface area (Å²) in [6, 6.07) is 7.35. The minimum atomic E-state index is -0.609. The smallest absolute Gasteiger partial charge is 0.273 e. The maximum Gasteiger partial charge on any atom is 0.273 e. The molecule has 0 aliphatic rings. The van der Waals surface area contributed by atoms with Gasteiger partial charge < -0.3 is 5.32 Å². The lowest BCUT2D eigenvalue weighted by Crippen LogP contribution is -2.17. The SMILES string of the molecule is CCc1cc(C(=O)Nc2ccc(F)c(C#N)c2)n(CC)n1. The van der Waals surface area contributed by atoms with Gasteiger partial charge in [-0.1, -0.05) is 6.92 Å². The molecule has 0 fully saturated rings. The normalized spacial score (nSPS) is 10.2. The summed E-state index contributed by atoms with van der Waals surface area (Å²) in [5, 5.41) is 15.8. The lowest BCUT2D eigenvalue weighted by atomic mass is 10.2. The predicted molar refractivity (Wildman–Crippen MR) is 76.3 cm³/mol. The number of amides is 1. The number of carbonyl (C=O) groups excluding carboxylic acids is 1. The van der Waals surface area contributed by atoms with Gasteiger partial charge in [-0.05, 0) is 37.6 Å². The monoisotopic (exact) mass is 286 g/mol. The summed E-state index contributed by atoms with van der Waals surface area (Å²) in [6.07, 6.45) is 0.739. The number of rotatable bonds is 4. The molecule has 1 aromatic heterocycles. The average molecular weight is 286 g/mol. The Bertz CT molecular complexity index is 715. The Balaban J connectivity index is 2.26. The van der Waals surface area contributed by atoms with Crippen LogP contribution in [0.1, 0.15) is 35.6 Å². The van der Waals surface area contributed by atoms with Gasteiger partial charge in [0.25, 0.3) is 5.91 Å². The summed E-state index contributed by atoms with van der Waals surface area (Å²) >= 11 is 0. The second-order valence-corrected chi connectivity index (χ2v) is 4.45. The minimum Gasteiger partial charge on any atom is -0.321 e. The maximum absolute atomic E-state index is 13.2. The number of nitrogens with zero attached hydrogens (tertiary/aromatic N) is 3. The van der Waals surface area contributed by atoms with Crippen LogP contribution in [0.25, 0.3) is 0 Å². The molecular formula is C15H15FN4O. The van der Waals surface area contributed by atoms with Gasteiger partial charge in [0.05, 0.1) is 11.3 Å². The highest BCUT2D eigenvalue weighted by molar-refractivity contribution is 6.03. The van der Waals surface area contributed by atoms with Gasteiger partial charge in [0.2, 0.25) is 0 Å². The molecule has 0 bridgehead atoms. The second-order valence-electron chi connectivity index (χ2n) is 4.45. The van der Waals surface area contributed by atoms with Crippen molar-refractivity contribution in [2.75, 3.05) is 5.32 Å². The van der Waals surface area contributed by atoms with E-state index >= 15 is 0 Å². The second kappa shape index (κ2) is 6.18. The topological polar surface area (TPSA) is 70.7 Å². The molecule has 0 atom stereocenters. The molecule has 108 valence electrons. The molecule has 0 saturated heterocycles. The number of anilines is 1. The van der Waals surface area contributed by atoms with Crippen molar-refractivity contribution in [3.05, 3.63) is 47.0 Å². The third kappa shape index (κ3) is 3.08. The molecule has 1 heterocycles. The predicted octanol–water partition coefficient (Wildman–Crippen LogP) is 2.73. The van der Waals surface area contributed by atoms with Gasteiger partial charge in [0, 0.05) is 12.2 Å². The Morgan fingerprint density at radius 1 is 1.43 bits per heavy atom. The van der Waals surface area contributed by atoms with Crippen molar-refractivity contribution in [1.82, 2.24) is 9.78 Å². The van der Waals surface area contributed by atoms with Crippen LogP contribution in [0.15, 0.2) is 24.3 Å². The summed E-state index contributed by atoms with van der Waals surface area (Å²) in [5.74, 6) is -0.943. The van der Waals surface area contributed by atoms with Crippen LogP contribution in [0, 0.1) is 17.1 Å². The lowest BCUT2D eigenvalue weighted by molar-refractivity contribution is 0.101. The Morgan fingerprint density at radius 3 is 2.81 bits per heavy atom. The van der Waals surface area contributed by atoms with E-state index in [0.29, 0.717) is 17.9 Å². The summed E-state index contributed by atoms with van der Waals surface area (Å²) < 4.78 is 14.9. The van der Waals surface area contributed by atoms with Crippen LogP contribution in [0.5, 0.6) is 0 Å². The van der Waals surface area contributed by atoms with Crippen LogP contribution in [-0.2, 0) is 13.0 Å². The van der Waals surface area contributed by atoms with Crippen LogP contribution < -0.4 is 5.32 Å². The molecule has 1 amide bonds. The minimum absolute atomic E-state index is 0.106. The highest BCUT2D eigenvalue weighted by Gasteiger charge is 2.14. The number of halogens is 1. The van der Waals surface area contributed by atoms with Gasteiger partial charge in [-0.3, -0.25) is 9.48 Å². The summed E-state index contributed by atoms with van der Waals surface area (Å²) in [4.78, 5) is 12.3. The number of aryl methyl sites for hydroxylation is 2. The number of nitrogens with one attached hydrogen (secondary N) is 1. The molecule has 0 spiro atoms. The molecule has 0 saturated carbocycles. The number of hydrogen-bond donors (Lipinski definition) is 1. The number of hydrogen-bond acceptors (Lipinski definition) is 3. The Kier molecular flexibility index (Phi) is 4.33. The quantitative estimate of drug-likeness (QED) is 0.939. The molecule has 1 aromatic carbocycles. The van der Waals surface area contributed by atoms with Crippen LogP contribution in [-0.4, -0.2) is 15.7 Å². The van der Waals surface area contributed by atoms with E-state index in [2.05, 4.69) is 10.4 Å². The zero-order valence-corrected chi connectivity index (χ0v) is 11.9.